The highest BCUT2D eigenvalue weighted by Gasteiger charge is 2.13. The molecular weight excluding hydrogens is 204 g/mol. The number of rotatable bonds is 2. The van der Waals surface area contributed by atoms with Gasteiger partial charge >= 0.3 is 0 Å². The van der Waals surface area contributed by atoms with Crippen LogP contribution < -0.4 is 5.73 Å². The molecule has 0 aliphatic carbocycles. The van der Waals surface area contributed by atoms with Gasteiger partial charge in [0.25, 0.3) is 6.47 Å². The number of nitrogens with two attached hydrogens (primary N) is 1. The van der Waals surface area contributed by atoms with Crippen LogP contribution in [0.4, 0.5) is 0 Å². The normalized spacial score (nSPS) is 18.6. The average Bonchev–Trinajstić information content (AvgIpc) is 2.18. The molecule has 96 valence electrons. The Labute approximate surface area is 99.1 Å². The minimum Gasteiger partial charge on any atom is -0.462 e. The number of hydrogen-bond donors (Lipinski definition) is 1. The van der Waals surface area contributed by atoms with Gasteiger partial charge in [-0.25, -0.2) is 0 Å². The third-order valence-corrected chi connectivity index (χ3v) is 2.48. The molecule has 0 spiro atoms. The van der Waals surface area contributed by atoms with Gasteiger partial charge in [-0.05, 0) is 53.2 Å². The standard InChI is InChI=1S/C7H16N2.C5H10O2/c1-2-9-5-3-7(8)4-6-9;1-5(2,3)7-4-6/h7H,2-6,8H2,1H3;4H,1-3H3. The number of nitrogens with zero attached hydrogens (tertiary/aromatic N) is 1. The maximum absolute atomic E-state index is 9.60. The van der Waals surface area contributed by atoms with Crippen LogP contribution in [0.2, 0.25) is 0 Å². The molecule has 0 atom stereocenters. The van der Waals surface area contributed by atoms with Crippen LogP contribution >= 0.6 is 0 Å². The van der Waals surface area contributed by atoms with Crippen molar-refractivity contribution in [1.82, 2.24) is 4.90 Å². The molecule has 0 amide bonds. The lowest BCUT2D eigenvalue weighted by atomic mass is 10.1. The molecule has 16 heavy (non-hydrogen) atoms. The van der Waals surface area contributed by atoms with Gasteiger partial charge in [0.15, 0.2) is 0 Å². The summed E-state index contributed by atoms with van der Waals surface area (Å²) >= 11 is 0. The lowest BCUT2D eigenvalue weighted by Gasteiger charge is -2.28. The van der Waals surface area contributed by atoms with Gasteiger partial charge in [0.1, 0.15) is 5.60 Å². The van der Waals surface area contributed by atoms with Crippen LogP contribution in [-0.2, 0) is 9.53 Å². The monoisotopic (exact) mass is 230 g/mol. The van der Waals surface area contributed by atoms with Gasteiger partial charge < -0.3 is 15.4 Å². The molecule has 0 unspecified atom stereocenters. The molecule has 1 rings (SSSR count). The summed E-state index contributed by atoms with van der Waals surface area (Å²) in [7, 11) is 0. The maximum Gasteiger partial charge on any atom is 0.293 e. The van der Waals surface area contributed by atoms with Crippen molar-refractivity contribution in [2.24, 2.45) is 5.73 Å². The smallest absolute Gasteiger partial charge is 0.293 e. The van der Waals surface area contributed by atoms with Crippen molar-refractivity contribution in [3.63, 3.8) is 0 Å². The number of carbonyl (C=O) groups excluding carboxylic acids is 1. The maximum atomic E-state index is 9.60. The second kappa shape index (κ2) is 7.63. The first kappa shape index (κ1) is 15.4. The van der Waals surface area contributed by atoms with Crippen LogP contribution in [0.15, 0.2) is 0 Å². The van der Waals surface area contributed by atoms with E-state index in [1.165, 1.54) is 32.5 Å². The zero-order valence-electron chi connectivity index (χ0n) is 11.0. The average molecular weight is 230 g/mol. The first-order valence-electron chi connectivity index (χ1n) is 5.98. The zero-order chi connectivity index (χ0) is 12.6. The number of ether oxygens (including phenoxy) is 1. The lowest BCUT2D eigenvalue weighted by Crippen LogP contribution is -2.39. The van der Waals surface area contributed by atoms with Crippen LogP contribution in [0.1, 0.15) is 40.5 Å². The summed E-state index contributed by atoms with van der Waals surface area (Å²) in [4.78, 5) is 12.0. The van der Waals surface area contributed by atoms with Crippen molar-refractivity contribution >= 4 is 6.47 Å². The minimum atomic E-state index is -0.318. The molecule has 0 radical (unpaired) electrons. The third kappa shape index (κ3) is 8.68. The summed E-state index contributed by atoms with van der Waals surface area (Å²) in [5, 5.41) is 0. The summed E-state index contributed by atoms with van der Waals surface area (Å²) in [6, 6.07) is 0.479. The molecule has 4 nitrogen and oxygen atoms in total. The van der Waals surface area contributed by atoms with E-state index in [0.717, 1.165) is 0 Å². The van der Waals surface area contributed by atoms with Crippen LogP contribution in [0.5, 0.6) is 0 Å². The number of piperidine rings is 1. The minimum absolute atomic E-state index is 0.318. The predicted octanol–water partition coefficient (Wildman–Crippen LogP) is 1.39. The van der Waals surface area contributed by atoms with Crippen molar-refractivity contribution in [1.29, 1.82) is 0 Å². The fourth-order valence-corrected chi connectivity index (χ4v) is 1.41. The lowest BCUT2D eigenvalue weighted by molar-refractivity contribution is -0.138. The Bertz CT molecular complexity index is 182. The van der Waals surface area contributed by atoms with E-state index in [4.69, 9.17) is 5.73 Å². The van der Waals surface area contributed by atoms with Crippen LogP contribution in [-0.4, -0.2) is 42.6 Å². The zero-order valence-corrected chi connectivity index (χ0v) is 11.0. The second-order valence-electron chi connectivity index (χ2n) is 5.10. The van der Waals surface area contributed by atoms with Crippen molar-refractivity contribution in [3.05, 3.63) is 0 Å². The Kier molecular flexibility index (Phi) is 7.34. The Morgan fingerprint density at radius 1 is 1.38 bits per heavy atom. The highest BCUT2D eigenvalue weighted by atomic mass is 16.5. The van der Waals surface area contributed by atoms with Crippen molar-refractivity contribution in [3.8, 4) is 0 Å². The largest absolute Gasteiger partial charge is 0.462 e. The molecule has 1 heterocycles. The van der Waals surface area contributed by atoms with E-state index in [0.29, 0.717) is 12.5 Å². The first-order chi connectivity index (χ1) is 7.39. The Balaban J connectivity index is 0.000000293. The van der Waals surface area contributed by atoms with Gasteiger partial charge in [-0.3, -0.25) is 4.79 Å². The van der Waals surface area contributed by atoms with E-state index in [2.05, 4.69) is 16.6 Å². The molecule has 2 N–H and O–H groups in total. The molecule has 0 saturated carbocycles. The summed E-state index contributed by atoms with van der Waals surface area (Å²) in [5.74, 6) is 0. The summed E-state index contributed by atoms with van der Waals surface area (Å²) in [6.07, 6.45) is 2.38. The highest BCUT2D eigenvalue weighted by molar-refractivity contribution is 5.37. The quantitative estimate of drug-likeness (QED) is 0.728. The summed E-state index contributed by atoms with van der Waals surface area (Å²) in [6.45, 7) is 11.7. The first-order valence-corrected chi connectivity index (χ1v) is 5.98. The van der Waals surface area contributed by atoms with E-state index in [1.807, 2.05) is 20.8 Å². The van der Waals surface area contributed by atoms with Gasteiger partial charge in [0, 0.05) is 6.04 Å². The molecule has 1 aliphatic heterocycles. The van der Waals surface area contributed by atoms with E-state index in [1.54, 1.807) is 0 Å². The molecule has 0 aromatic rings. The number of hydrogen-bond acceptors (Lipinski definition) is 4. The topological polar surface area (TPSA) is 55.6 Å². The highest BCUT2D eigenvalue weighted by Crippen LogP contribution is 2.06. The number of likely N-dealkylation sites (tertiary alicyclic amines) is 1. The van der Waals surface area contributed by atoms with E-state index >= 15 is 0 Å². The number of carbonyl (C=O) groups is 1. The predicted molar refractivity (Wildman–Crippen MR) is 66.2 cm³/mol. The fourth-order valence-electron chi connectivity index (χ4n) is 1.41. The molecular formula is C12H26N2O2. The summed E-state index contributed by atoms with van der Waals surface area (Å²) in [5.41, 5.74) is 5.41. The molecule has 1 fully saturated rings. The Hall–Kier alpha value is -0.610. The SMILES string of the molecule is CC(C)(C)OC=O.CCN1CCC(N)CC1. The van der Waals surface area contributed by atoms with Crippen molar-refractivity contribution in [2.75, 3.05) is 19.6 Å². The molecule has 0 aromatic heterocycles. The second-order valence-corrected chi connectivity index (χ2v) is 5.10. The van der Waals surface area contributed by atoms with E-state index < -0.39 is 0 Å². The Morgan fingerprint density at radius 2 is 1.88 bits per heavy atom. The van der Waals surface area contributed by atoms with E-state index in [-0.39, 0.29) is 5.60 Å². The van der Waals surface area contributed by atoms with Gasteiger partial charge in [-0.1, -0.05) is 6.92 Å². The Morgan fingerprint density at radius 3 is 2.12 bits per heavy atom. The van der Waals surface area contributed by atoms with Gasteiger partial charge in [-0.2, -0.15) is 0 Å². The third-order valence-electron chi connectivity index (χ3n) is 2.48. The van der Waals surface area contributed by atoms with Crippen LogP contribution in [0.25, 0.3) is 0 Å². The fraction of sp³-hybridized carbons (Fsp3) is 0.917. The van der Waals surface area contributed by atoms with Gasteiger partial charge in [0.05, 0.1) is 0 Å². The van der Waals surface area contributed by atoms with Gasteiger partial charge in [0.2, 0.25) is 0 Å². The molecule has 1 aliphatic rings. The van der Waals surface area contributed by atoms with Crippen LogP contribution in [0.3, 0.4) is 0 Å². The molecule has 0 aromatic carbocycles. The van der Waals surface area contributed by atoms with Crippen molar-refractivity contribution < 1.29 is 9.53 Å². The molecule has 0 bridgehead atoms. The van der Waals surface area contributed by atoms with E-state index in [9.17, 15) is 4.79 Å². The van der Waals surface area contributed by atoms with Crippen LogP contribution in [0, 0.1) is 0 Å². The molecule has 1 saturated heterocycles. The van der Waals surface area contributed by atoms with Gasteiger partial charge in [-0.15, -0.1) is 0 Å². The van der Waals surface area contributed by atoms with Crippen molar-refractivity contribution in [2.45, 2.75) is 52.2 Å². The molecule has 4 heteroatoms. The summed E-state index contributed by atoms with van der Waals surface area (Å²) < 4.78 is 4.55.